The predicted molar refractivity (Wildman–Crippen MR) is 124 cm³/mol. The summed E-state index contributed by atoms with van der Waals surface area (Å²) in [5.74, 6) is 0.517. The molecule has 1 rings (SSSR count). The second-order valence-electron chi connectivity index (χ2n) is 9.21. The molecule has 0 bridgehead atoms. The maximum absolute atomic E-state index is 12.2. The van der Waals surface area contributed by atoms with Crippen molar-refractivity contribution in [1.82, 2.24) is 0 Å². The molecule has 9 heteroatoms. The van der Waals surface area contributed by atoms with Crippen LogP contribution in [-0.4, -0.2) is 58.1 Å². The molecule has 0 fully saturated rings. The van der Waals surface area contributed by atoms with Gasteiger partial charge in [0.1, 0.15) is 5.75 Å². The lowest BCUT2D eigenvalue weighted by Gasteiger charge is -2.38. The summed E-state index contributed by atoms with van der Waals surface area (Å²) >= 11 is 0. The number of ketones is 1. The highest BCUT2D eigenvalue weighted by atomic mass is 28.5. The highest BCUT2D eigenvalue weighted by molar-refractivity contribution is 6.87. The second kappa shape index (κ2) is 11.0. The highest BCUT2D eigenvalue weighted by Crippen LogP contribution is 2.25. The van der Waals surface area contributed by atoms with E-state index in [1.165, 1.54) is 14.2 Å². The summed E-state index contributed by atoms with van der Waals surface area (Å²) in [6, 6.07) is 7.95. The Balaban J connectivity index is 2.61. The maximum Gasteiger partial charge on any atom is 0.314 e. The molecular weight excluding hydrogens is 420 g/mol. The van der Waals surface area contributed by atoms with Crippen LogP contribution in [0.3, 0.4) is 0 Å². The van der Waals surface area contributed by atoms with Crippen LogP contribution in [0.2, 0.25) is 51.9 Å². The average molecular weight is 459 g/mol. The number of carbonyl (C=O) groups excluding carboxylic acids is 1. The smallest absolute Gasteiger partial charge is 0.314 e. The summed E-state index contributed by atoms with van der Waals surface area (Å²) in [4.78, 5) is 12.2. The summed E-state index contributed by atoms with van der Waals surface area (Å²) < 4.78 is 28.9. The Morgan fingerprint density at radius 3 is 1.76 bits per heavy atom. The number of Topliss-reactive ketones (excluding diaryl/α,β-unsaturated/α-hetero) is 1. The zero-order valence-electron chi connectivity index (χ0n) is 19.5. The van der Waals surface area contributed by atoms with Crippen LogP contribution in [0.15, 0.2) is 24.3 Å². The maximum atomic E-state index is 12.2. The van der Waals surface area contributed by atoms with Crippen molar-refractivity contribution in [3.63, 3.8) is 0 Å². The van der Waals surface area contributed by atoms with Crippen molar-refractivity contribution >= 4 is 31.0 Å². The largest absolute Gasteiger partial charge is 0.494 e. The molecule has 29 heavy (non-hydrogen) atoms. The molecule has 0 aromatic heterocycles. The molecule has 6 nitrogen and oxygen atoms in total. The van der Waals surface area contributed by atoms with Gasteiger partial charge in [-0.25, -0.2) is 0 Å². The number of rotatable bonds is 13. The quantitative estimate of drug-likeness (QED) is 0.179. The van der Waals surface area contributed by atoms with Crippen LogP contribution < -0.4 is 4.74 Å². The van der Waals surface area contributed by atoms with Crippen molar-refractivity contribution in [2.24, 2.45) is 0 Å². The summed E-state index contributed by atoms with van der Waals surface area (Å²) in [6.07, 6.45) is -0.0181. The fourth-order valence-electron chi connectivity index (χ4n) is 3.16. The Labute approximate surface area is 179 Å². The van der Waals surface area contributed by atoms with Crippen molar-refractivity contribution in [3.05, 3.63) is 29.8 Å². The second-order valence-corrected chi connectivity index (χ2v) is 22.1. The number of benzene rings is 1. The van der Waals surface area contributed by atoms with Gasteiger partial charge in [0.15, 0.2) is 16.6 Å². The molecule has 1 aromatic carbocycles. The minimum Gasteiger partial charge on any atom is -0.494 e. The van der Waals surface area contributed by atoms with Crippen molar-refractivity contribution in [3.8, 4) is 5.75 Å². The molecule has 166 valence electrons. The average Bonchev–Trinajstić information content (AvgIpc) is 2.57. The lowest BCUT2D eigenvalue weighted by molar-refractivity contribution is -0.0742. The predicted octanol–water partition coefficient (Wildman–Crippen LogP) is 5.03. The summed E-state index contributed by atoms with van der Waals surface area (Å²) in [6.45, 7) is 16.0. The summed E-state index contributed by atoms with van der Waals surface area (Å²) in [7, 11) is -2.71. The standard InChI is InChI=1S/C20H38O6Si3/c1-22-20(23-2)19(21)17-11-13-18(14-12-17)24-15-10-16-29(9,25-27(3,4)5)26-28(6,7)8/h11-14,20H,10,15-16H2,1-9H3. The Morgan fingerprint density at radius 2 is 1.34 bits per heavy atom. The lowest BCUT2D eigenvalue weighted by Crippen LogP contribution is -2.52. The van der Waals surface area contributed by atoms with Gasteiger partial charge in [0.05, 0.1) is 6.61 Å². The van der Waals surface area contributed by atoms with E-state index >= 15 is 0 Å². The zero-order chi connectivity index (χ0) is 22.3. The molecule has 0 saturated carbocycles. The molecule has 0 saturated heterocycles. The normalized spacial score (nSPS) is 13.0. The topological polar surface area (TPSA) is 63.2 Å². The van der Waals surface area contributed by atoms with Gasteiger partial charge in [-0.05, 0) is 82.6 Å². The molecule has 0 aliphatic rings. The van der Waals surface area contributed by atoms with Crippen LogP contribution >= 0.6 is 0 Å². The Morgan fingerprint density at radius 1 is 0.862 bits per heavy atom. The molecule has 0 spiro atoms. The fraction of sp³-hybridized carbons (Fsp3) is 0.650. The summed E-state index contributed by atoms with van der Waals surface area (Å²) in [5.41, 5.74) is 0.526. The van der Waals surface area contributed by atoms with Gasteiger partial charge in [-0.15, -0.1) is 0 Å². The molecule has 0 N–H and O–H groups in total. The number of methoxy groups -OCH3 is 2. The van der Waals surface area contributed by atoms with Crippen LogP contribution in [0, 0.1) is 0 Å². The molecular formula is C20H38O6Si3. The van der Waals surface area contributed by atoms with E-state index in [0.717, 1.165) is 18.2 Å². The van der Waals surface area contributed by atoms with E-state index in [9.17, 15) is 4.79 Å². The molecule has 1 aromatic rings. The van der Waals surface area contributed by atoms with Crippen LogP contribution in [-0.2, 0) is 17.7 Å². The Kier molecular flexibility index (Phi) is 9.93. The van der Waals surface area contributed by atoms with Gasteiger partial charge in [0, 0.05) is 19.8 Å². The van der Waals surface area contributed by atoms with Crippen LogP contribution in [0.5, 0.6) is 5.75 Å². The Bertz CT molecular complexity index is 617. The third kappa shape index (κ3) is 10.2. The van der Waals surface area contributed by atoms with Crippen LogP contribution in [0.25, 0.3) is 0 Å². The first kappa shape index (κ1) is 26.2. The molecule has 0 heterocycles. The van der Waals surface area contributed by atoms with Gasteiger partial charge >= 0.3 is 8.56 Å². The highest BCUT2D eigenvalue weighted by Gasteiger charge is 2.39. The first-order valence-corrected chi connectivity index (χ1v) is 19.4. The van der Waals surface area contributed by atoms with Gasteiger partial charge in [-0.2, -0.15) is 0 Å². The van der Waals surface area contributed by atoms with Gasteiger partial charge in [-0.1, -0.05) is 0 Å². The third-order valence-corrected chi connectivity index (χ3v) is 13.5. The number of hydrogen-bond donors (Lipinski definition) is 0. The van der Waals surface area contributed by atoms with Gasteiger partial charge < -0.3 is 22.4 Å². The minimum absolute atomic E-state index is 0.213. The molecule has 0 amide bonds. The fourth-order valence-corrected chi connectivity index (χ4v) is 15.7. The van der Waals surface area contributed by atoms with Gasteiger partial charge in [-0.3, -0.25) is 4.79 Å². The molecule has 0 radical (unpaired) electrons. The molecule has 0 unspecified atom stereocenters. The van der Waals surface area contributed by atoms with Crippen molar-refractivity contribution in [2.45, 2.75) is 64.6 Å². The minimum atomic E-state index is -2.23. The van der Waals surface area contributed by atoms with E-state index in [4.69, 9.17) is 22.4 Å². The zero-order valence-corrected chi connectivity index (χ0v) is 22.5. The monoisotopic (exact) mass is 458 g/mol. The first-order valence-electron chi connectivity index (χ1n) is 10.0. The van der Waals surface area contributed by atoms with E-state index in [2.05, 4.69) is 45.8 Å². The van der Waals surface area contributed by atoms with Gasteiger partial charge in [0.25, 0.3) is 0 Å². The van der Waals surface area contributed by atoms with Gasteiger partial charge in [0.2, 0.25) is 12.1 Å². The van der Waals surface area contributed by atoms with Crippen LogP contribution in [0.1, 0.15) is 16.8 Å². The lowest BCUT2D eigenvalue weighted by atomic mass is 10.1. The SMILES string of the molecule is COC(OC)C(=O)c1ccc(OCCC[Si](C)(O[Si](C)(C)C)O[Si](C)(C)C)cc1. The van der Waals surface area contributed by atoms with E-state index in [1.807, 2.05) is 0 Å². The van der Waals surface area contributed by atoms with E-state index in [-0.39, 0.29) is 5.78 Å². The Hall–Kier alpha value is -0.819. The molecule has 0 aliphatic carbocycles. The summed E-state index contributed by atoms with van der Waals surface area (Å²) in [5, 5.41) is 0. The molecule has 0 atom stereocenters. The van der Waals surface area contributed by atoms with E-state index in [1.54, 1.807) is 24.3 Å². The third-order valence-electron chi connectivity index (χ3n) is 3.87. The number of ether oxygens (including phenoxy) is 3. The number of hydrogen-bond acceptors (Lipinski definition) is 6. The van der Waals surface area contributed by atoms with E-state index < -0.39 is 31.5 Å². The van der Waals surface area contributed by atoms with E-state index in [0.29, 0.717) is 12.2 Å². The number of carbonyl (C=O) groups is 1. The van der Waals surface area contributed by atoms with Crippen LogP contribution in [0.4, 0.5) is 0 Å². The first-order chi connectivity index (χ1) is 13.3. The van der Waals surface area contributed by atoms with Crippen molar-refractivity contribution in [2.75, 3.05) is 20.8 Å². The molecule has 0 aliphatic heterocycles. The van der Waals surface area contributed by atoms with Crippen molar-refractivity contribution in [1.29, 1.82) is 0 Å². The van der Waals surface area contributed by atoms with Crippen molar-refractivity contribution < 1.29 is 27.2 Å².